The minimum Gasteiger partial charge on any atom is -0.310 e. The summed E-state index contributed by atoms with van der Waals surface area (Å²) >= 11 is 0. The first-order chi connectivity index (χ1) is 9.69. The fraction of sp³-hybridized carbons (Fsp3) is 0.667. The number of hydrogen-bond acceptors (Lipinski definition) is 2. The van der Waals surface area contributed by atoms with Crippen molar-refractivity contribution in [2.75, 3.05) is 26.2 Å². The first kappa shape index (κ1) is 15.5. The SMILES string of the molecule is CCc1ccc(C(C)NCC(C)CN2CCCC2)cc1. The molecule has 0 amide bonds. The fourth-order valence-electron chi connectivity index (χ4n) is 3.01. The highest BCUT2D eigenvalue weighted by Crippen LogP contribution is 2.15. The van der Waals surface area contributed by atoms with Crippen LogP contribution in [0.5, 0.6) is 0 Å². The maximum Gasteiger partial charge on any atom is 0.0291 e. The summed E-state index contributed by atoms with van der Waals surface area (Å²) in [5, 5.41) is 3.68. The third kappa shape index (κ3) is 4.60. The summed E-state index contributed by atoms with van der Waals surface area (Å²) in [5.41, 5.74) is 2.82. The Bertz CT molecular complexity index is 379. The van der Waals surface area contributed by atoms with Crippen LogP contribution in [-0.2, 0) is 6.42 Å². The number of nitrogens with zero attached hydrogens (tertiary/aromatic N) is 1. The van der Waals surface area contributed by atoms with Crippen molar-refractivity contribution in [3.8, 4) is 0 Å². The highest BCUT2D eigenvalue weighted by molar-refractivity contribution is 5.24. The van der Waals surface area contributed by atoms with Crippen molar-refractivity contribution >= 4 is 0 Å². The fourth-order valence-corrected chi connectivity index (χ4v) is 3.01. The van der Waals surface area contributed by atoms with Crippen LogP contribution in [0.1, 0.15) is 50.8 Å². The molecule has 0 aliphatic carbocycles. The van der Waals surface area contributed by atoms with E-state index in [9.17, 15) is 0 Å². The van der Waals surface area contributed by atoms with Gasteiger partial charge in [0.1, 0.15) is 0 Å². The summed E-state index contributed by atoms with van der Waals surface area (Å²) in [6.45, 7) is 11.8. The molecule has 0 aromatic heterocycles. The molecule has 0 radical (unpaired) electrons. The average molecular weight is 274 g/mol. The molecule has 1 aliphatic rings. The Kier molecular flexibility index (Phi) is 6.06. The van der Waals surface area contributed by atoms with Gasteiger partial charge < -0.3 is 10.2 Å². The molecule has 2 heteroatoms. The predicted molar refractivity (Wildman–Crippen MR) is 87.1 cm³/mol. The Hall–Kier alpha value is -0.860. The summed E-state index contributed by atoms with van der Waals surface area (Å²) in [5.74, 6) is 0.727. The Morgan fingerprint density at radius 1 is 1.10 bits per heavy atom. The van der Waals surface area contributed by atoms with Crippen LogP contribution in [0, 0.1) is 5.92 Å². The molecule has 2 unspecified atom stereocenters. The van der Waals surface area contributed by atoms with Crippen LogP contribution in [0.4, 0.5) is 0 Å². The zero-order chi connectivity index (χ0) is 14.4. The van der Waals surface area contributed by atoms with Gasteiger partial charge in [-0.1, -0.05) is 38.1 Å². The Morgan fingerprint density at radius 2 is 1.75 bits per heavy atom. The van der Waals surface area contributed by atoms with Crippen LogP contribution >= 0.6 is 0 Å². The molecule has 0 saturated carbocycles. The quantitative estimate of drug-likeness (QED) is 0.817. The molecule has 1 heterocycles. The molecule has 2 rings (SSSR count). The highest BCUT2D eigenvalue weighted by Gasteiger charge is 2.15. The Labute approximate surface area is 124 Å². The van der Waals surface area contributed by atoms with Gasteiger partial charge in [0.15, 0.2) is 0 Å². The topological polar surface area (TPSA) is 15.3 Å². The number of aryl methyl sites for hydroxylation is 1. The molecule has 2 nitrogen and oxygen atoms in total. The Morgan fingerprint density at radius 3 is 2.35 bits per heavy atom. The third-order valence-electron chi connectivity index (χ3n) is 4.43. The molecular weight excluding hydrogens is 244 g/mol. The van der Waals surface area contributed by atoms with Crippen LogP contribution in [0.25, 0.3) is 0 Å². The van der Waals surface area contributed by atoms with Gasteiger partial charge in [-0.2, -0.15) is 0 Å². The van der Waals surface area contributed by atoms with E-state index in [1.54, 1.807) is 0 Å². The summed E-state index contributed by atoms with van der Waals surface area (Å²) in [6, 6.07) is 9.48. The maximum absolute atomic E-state index is 3.68. The lowest BCUT2D eigenvalue weighted by atomic mass is 10.0. The molecule has 1 saturated heterocycles. The molecule has 0 bridgehead atoms. The van der Waals surface area contributed by atoms with Gasteiger partial charge in [0, 0.05) is 12.6 Å². The van der Waals surface area contributed by atoms with E-state index in [0.717, 1.165) is 18.9 Å². The normalized spacial score (nSPS) is 19.1. The predicted octanol–water partition coefficient (Wildman–Crippen LogP) is 3.63. The molecule has 1 N–H and O–H groups in total. The van der Waals surface area contributed by atoms with E-state index in [-0.39, 0.29) is 0 Å². The molecule has 1 aromatic carbocycles. The van der Waals surface area contributed by atoms with Gasteiger partial charge in [-0.15, -0.1) is 0 Å². The van der Waals surface area contributed by atoms with Gasteiger partial charge in [-0.05, 0) is 62.9 Å². The second-order valence-corrected chi connectivity index (χ2v) is 6.34. The third-order valence-corrected chi connectivity index (χ3v) is 4.43. The van der Waals surface area contributed by atoms with Gasteiger partial charge in [0.25, 0.3) is 0 Å². The molecule has 1 fully saturated rings. The van der Waals surface area contributed by atoms with Gasteiger partial charge in [-0.3, -0.25) is 0 Å². The van der Waals surface area contributed by atoms with E-state index < -0.39 is 0 Å². The second kappa shape index (κ2) is 7.80. The zero-order valence-electron chi connectivity index (χ0n) is 13.4. The van der Waals surface area contributed by atoms with Crippen molar-refractivity contribution in [2.45, 2.75) is 46.1 Å². The van der Waals surface area contributed by atoms with Crippen molar-refractivity contribution in [1.29, 1.82) is 0 Å². The molecule has 1 aromatic rings. The van der Waals surface area contributed by atoms with E-state index in [2.05, 4.69) is 55.3 Å². The number of likely N-dealkylation sites (tertiary alicyclic amines) is 1. The minimum atomic E-state index is 0.446. The monoisotopic (exact) mass is 274 g/mol. The van der Waals surface area contributed by atoms with Crippen LogP contribution in [-0.4, -0.2) is 31.1 Å². The zero-order valence-corrected chi connectivity index (χ0v) is 13.4. The average Bonchev–Trinajstić information content (AvgIpc) is 2.97. The molecule has 2 atom stereocenters. The summed E-state index contributed by atoms with van der Waals surface area (Å²) < 4.78 is 0. The van der Waals surface area contributed by atoms with Gasteiger partial charge >= 0.3 is 0 Å². The van der Waals surface area contributed by atoms with E-state index in [0.29, 0.717) is 6.04 Å². The van der Waals surface area contributed by atoms with E-state index in [1.165, 1.54) is 43.6 Å². The van der Waals surface area contributed by atoms with Crippen LogP contribution in [0.15, 0.2) is 24.3 Å². The van der Waals surface area contributed by atoms with Crippen LogP contribution in [0.3, 0.4) is 0 Å². The second-order valence-electron chi connectivity index (χ2n) is 6.34. The van der Waals surface area contributed by atoms with E-state index in [1.807, 2.05) is 0 Å². The lowest BCUT2D eigenvalue weighted by Crippen LogP contribution is -2.32. The number of nitrogens with one attached hydrogen (secondary N) is 1. The van der Waals surface area contributed by atoms with Crippen molar-refractivity contribution in [2.24, 2.45) is 5.92 Å². The first-order valence-electron chi connectivity index (χ1n) is 8.23. The number of rotatable bonds is 7. The van der Waals surface area contributed by atoms with Gasteiger partial charge in [0.2, 0.25) is 0 Å². The molecule has 112 valence electrons. The van der Waals surface area contributed by atoms with Crippen molar-refractivity contribution in [3.63, 3.8) is 0 Å². The summed E-state index contributed by atoms with van der Waals surface area (Å²) in [4.78, 5) is 2.60. The molecule has 0 spiro atoms. The maximum atomic E-state index is 3.68. The van der Waals surface area contributed by atoms with Gasteiger partial charge in [-0.25, -0.2) is 0 Å². The number of hydrogen-bond donors (Lipinski definition) is 1. The van der Waals surface area contributed by atoms with Crippen molar-refractivity contribution in [1.82, 2.24) is 10.2 Å². The minimum absolute atomic E-state index is 0.446. The molecule has 20 heavy (non-hydrogen) atoms. The van der Waals surface area contributed by atoms with E-state index in [4.69, 9.17) is 0 Å². The molecule has 1 aliphatic heterocycles. The largest absolute Gasteiger partial charge is 0.310 e. The van der Waals surface area contributed by atoms with Crippen molar-refractivity contribution in [3.05, 3.63) is 35.4 Å². The van der Waals surface area contributed by atoms with Crippen LogP contribution in [0.2, 0.25) is 0 Å². The number of benzene rings is 1. The van der Waals surface area contributed by atoms with Crippen molar-refractivity contribution < 1.29 is 0 Å². The molecular formula is C18H30N2. The summed E-state index contributed by atoms with van der Waals surface area (Å²) in [7, 11) is 0. The lowest BCUT2D eigenvalue weighted by molar-refractivity contribution is 0.279. The standard InChI is InChI=1S/C18H30N2/c1-4-17-7-9-18(10-8-17)16(3)19-13-15(2)14-20-11-5-6-12-20/h7-10,15-16,19H,4-6,11-14H2,1-3H3. The highest BCUT2D eigenvalue weighted by atomic mass is 15.1. The van der Waals surface area contributed by atoms with Crippen LogP contribution < -0.4 is 5.32 Å². The smallest absolute Gasteiger partial charge is 0.0291 e. The van der Waals surface area contributed by atoms with E-state index >= 15 is 0 Å². The first-order valence-corrected chi connectivity index (χ1v) is 8.23. The Balaban J connectivity index is 1.74. The lowest BCUT2D eigenvalue weighted by Gasteiger charge is -2.22. The van der Waals surface area contributed by atoms with Gasteiger partial charge in [0.05, 0.1) is 0 Å². The summed E-state index contributed by atoms with van der Waals surface area (Å²) in [6.07, 6.45) is 3.90.